The molecule has 116 valence electrons. The molecule has 0 bridgehead atoms. The van der Waals surface area contributed by atoms with Crippen LogP contribution in [-0.2, 0) is 4.79 Å². The minimum Gasteiger partial charge on any atom is -0.411 e. The molecule has 1 amide bonds. The predicted molar refractivity (Wildman–Crippen MR) is 85.7 cm³/mol. The number of aromatic nitrogens is 2. The van der Waals surface area contributed by atoms with Gasteiger partial charge in [-0.15, -0.1) is 10.2 Å². The summed E-state index contributed by atoms with van der Waals surface area (Å²) in [5.41, 5.74) is 3.23. The zero-order chi connectivity index (χ0) is 15.5. The molecule has 1 aromatic heterocycles. The minimum absolute atomic E-state index is 0.0636. The van der Waals surface area contributed by atoms with Crippen LogP contribution in [-0.4, -0.2) is 27.9 Å². The second-order valence-electron chi connectivity index (χ2n) is 5.64. The van der Waals surface area contributed by atoms with Gasteiger partial charge in [-0.2, -0.15) is 0 Å². The molecule has 1 aliphatic heterocycles. The van der Waals surface area contributed by atoms with E-state index in [0.29, 0.717) is 11.1 Å². The van der Waals surface area contributed by atoms with Crippen LogP contribution in [0, 0.1) is 13.8 Å². The number of hydrogen-bond acceptors (Lipinski definition) is 5. The molecule has 2 aromatic rings. The molecule has 1 aromatic carbocycles. The van der Waals surface area contributed by atoms with E-state index in [9.17, 15) is 4.79 Å². The van der Waals surface area contributed by atoms with E-state index in [-0.39, 0.29) is 11.2 Å². The molecular weight excluding hydrogens is 298 g/mol. The maximum absolute atomic E-state index is 12.0. The monoisotopic (exact) mass is 317 g/mol. The number of nitrogens with one attached hydrogen (secondary N) is 1. The molecule has 6 heteroatoms. The number of carbonyl (C=O) groups excluding carboxylic acids is 1. The summed E-state index contributed by atoms with van der Waals surface area (Å²) in [7, 11) is 0. The first-order valence-electron chi connectivity index (χ1n) is 7.48. The summed E-state index contributed by atoms with van der Waals surface area (Å²) in [6.07, 6.45) is 2.91. The van der Waals surface area contributed by atoms with Crippen LogP contribution in [0.25, 0.3) is 11.5 Å². The van der Waals surface area contributed by atoms with E-state index in [1.54, 1.807) is 0 Å². The first-order valence-corrected chi connectivity index (χ1v) is 8.36. The topological polar surface area (TPSA) is 68.0 Å². The summed E-state index contributed by atoms with van der Waals surface area (Å²) in [6, 6.07) is 6.14. The molecule has 1 atom stereocenters. The van der Waals surface area contributed by atoms with Crippen LogP contribution in [0.2, 0.25) is 0 Å². The predicted octanol–water partition coefficient (Wildman–Crippen LogP) is 3.11. The normalized spacial score (nSPS) is 18.8. The van der Waals surface area contributed by atoms with Gasteiger partial charge in [0.05, 0.1) is 5.25 Å². The molecule has 0 unspecified atom stereocenters. The average molecular weight is 317 g/mol. The molecule has 5 nitrogen and oxygen atoms in total. The van der Waals surface area contributed by atoms with Crippen LogP contribution in [0.15, 0.2) is 27.8 Å². The van der Waals surface area contributed by atoms with E-state index in [0.717, 1.165) is 42.5 Å². The van der Waals surface area contributed by atoms with Crippen molar-refractivity contribution in [1.82, 2.24) is 15.5 Å². The Morgan fingerprint density at radius 1 is 1.18 bits per heavy atom. The molecule has 0 radical (unpaired) electrons. The Balaban J connectivity index is 1.77. The van der Waals surface area contributed by atoms with Crippen LogP contribution < -0.4 is 5.32 Å². The number of carbonyl (C=O) groups is 1. The molecule has 3 rings (SSSR count). The first-order chi connectivity index (χ1) is 10.6. The number of nitrogens with zero attached hydrogens (tertiary/aromatic N) is 2. The van der Waals surface area contributed by atoms with Crippen molar-refractivity contribution in [3.05, 3.63) is 29.3 Å². The van der Waals surface area contributed by atoms with Crippen LogP contribution >= 0.6 is 11.8 Å². The number of rotatable bonds is 3. The van der Waals surface area contributed by atoms with Gasteiger partial charge in [0.25, 0.3) is 5.22 Å². The Kier molecular flexibility index (Phi) is 4.47. The van der Waals surface area contributed by atoms with Crippen molar-refractivity contribution in [2.75, 3.05) is 6.54 Å². The van der Waals surface area contributed by atoms with Crippen molar-refractivity contribution in [2.45, 2.75) is 43.6 Å². The van der Waals surface area contributed by atoms with Gasteiger partial charge in [0.15, 0.2) is 0 Å². The largest absolute Gasteiger partial charge is 0.411 e. The van der Waals surface area contributed by atoms with Gasteiger partial charge in [0.2, 0.25) is 11.8 Å². The van der Waals surface area contributed by atoms with Crippen LogP contribution in [0.4, 0.5) is 0 Å². The Morgan fingerprint density at radius 2 is 1.95 bits per heavy atom. The summed E-state index contributed by atoms with van der Waals surface area (Å²) in [6.45, 7) is 4.84. The third-order valence-corrected chi connectivity index (χ3v) is 4.70. The number of benzene rings is 1. The zero-order valence-electron chi connectivity index (χ0n) is 12.8. The van der Waals surface area contributed by atoms with Crippen LogP contribution in [0.1, 0.15) is 30.4 Å². The number of aryl methyl sites for hydroxylation is 2. The lowest BCUT2D eigenvalue weighted by molar-refractivity contribution is -0.120. The fourth-order valence-electron chi connectivity index (χ4n) is 2.62. The van der Waals surface area contributed by atoms with Crippen molar-refractivity contribution < 1.29 is 9.21 Å². The zero-order valence-corrected chi connectivity index (χ0v) is 13.6. The van der Waals surface area contributed by atoms with Crippen molar-refractivity contribution in [3.63, 3.8) is 0 Å². The highest BCUT2D eigenvalue weighted by Gasteiger charge is 2.24. The fraction of sp³-hybridized carbons (Fsp3) is 0.438. The van der Waals surface area contributed by atoms with Crippen molar-refractivity contribution in [1.29, 1.82) is 0 Å². The summed E-state index contributed by atoms with van der Waals surface area (Å²) < 4.78 is 5.73. The van der Waals surface area contributed by atoms with Crippen LogP contribution in [0.3, 0.4) is 0 Å². The van der Waals surface area contributed by atoms with Crippen LogP contribution in [0.5, 0.6) is 0 Å². The van der Waals surface area contributed by atoms with E-state index in [4.69, 9.17) is 4.42 Å². The van der Waals surface area contributed by atoms with E-state index in [2.05, 4.69) is 21.6 Å². The molecule has 2 heterocycles. The fourth-order valence-corrected chi connectivity index (χ4v) is 3.55. The average Bonchev–Trinajstić information content (AvgIpc) is 2.84. The van der Waals surface area contributed by atoms with Gasteiger partial charge in [0, 0.05) is 12.1 Å². The van der Waals surface area contributed by atoms with E-state index >= 15 is 0 Å². The molecular formula is C16H19N3O2S. The SMILES string of the molecule is Cc1cc(C)cc(-c2nnc(S[C@@H]3CCCCNC3=O)o2)c1. The highest BCUT2D eigenvalue weighted by atomic mass is 32.2. The minimum atomic E-state index is -0.143. The van der Waals surface area contributed by atoms with Gasteiger partial charge in [-0.05, 0) is 38.8 Å². The molecule has 1 saturated heterocycles. The van der Waals surface area contributed by atoms with E-state index in [1.807, 2.05) is 26.0 Å². The Bertz CT molecular complexity index is 664. The maximum atomic E-state index is 12.0. The third kappa shape index (κ3) is 3.50. The highest BCUT2D eigenvalue weighted by molar-refractivity contribution is 8.00. The summed E-state index contributed by atoms with van der Waals surface area (Å²) in [5.74, 6) is 0.567. The lowest BCUT2D eigenvalue weighted by atomic mass is 10.1. The van der Waals surface area contributed by atoms with Gasteiger partial charge in [-0.3, -0.25) is 4.79 Å². The standard InChI is InChI=1S/C16H19N3O2S/c1-10-7-11(2)9-12(8-10)15-18-19-16(21-15)22-13-5-3-4-6-17-14(13)20/h7-9,13H,3-6H2,1-2H3,(H,17,20)/t13-/m1/s1. The van der Waals surface area contributed by atoms with Crippen molar-refractivity contribution in [2.24, 2.45) is 0 Å². The molecule has 1 aliphatic rings. The second kappa shape index (κ2) is 6.52. The maximum Gasteiger partial charge on any atom is 0.277 e. The quantitative estimate of drug-likeness (QED) is 0.942. The van der Waals surface area contributed by atoms with E-state index < -0.39 is 0 Å². The Labute approximate surface area is 133 Å². The highest BCUT2D eigenvalue weighted by Crippen LogP contribution is 2.30. The Hall–Kier alpha value is -1.82. The van der Waals surface area contributed by atoms with E-state index in [1.165, 1.54) is 11.8 Å². The molecule has 0 saturated carbocycles. The number of amides is 1. The smallest absolute Gasteiger partial charge is 0.277 e. The van der Waals surface area contributed by atoms with Gasteiger partial charge in [-0.1, -0.05) is 35.4 Å². The lowest BCUT2D eigenvalue weighted by Crippen LogP contribution is -2.30. The van der Waals surface area contributed by atoms with Gasteiger partial charge < -0.3 is 9.73 Å². The van der Waals surface area contributed by atoms with Gasteiger partial charge >= 0.3 is 0 Å². The van der Waals surface area contributed by atoms with Gasteiger partial charge in [-0.25, -0.2) is 0 Å². The lowest BCUT2D eigenvalue weighted by Gasteiger charge is -2.09. The summed E-state index contributed by atoms with van der Waals surface area (Å²) in [4.78, 5) is 12.0. The Morgan fingerprint density at radius 3 is 2.73 bits per heavy atom. The van der Waals surface area contributed by atoms with Gasteiger partial charge in [0.1, 0.15) is 0 Å². The second-order valence-corrected chi connectivity index (χ2v) is 6.80. The number of hydrogen-bond donors (Lipinski definition) is 1. The molecule has 0 aliphatic carbocycles. The molecule has 1 N–H and O–H groups in total. The summed E-state index contributed by atoms with van der Waals surface area (Å²) >= 11 is 1.36. The summed E-state index contributed by atoms with van der Waals surface area (Å²) in [5, 5.41) is 11.4. The third-order valence-electron chi connectivity index (χ3n) is 3.60. The van der Waals surface area contributed by atoms with Crippen molar-refractivity contribution >= 4 is 17.7 Å². The van der Waals surface area contributed by atoms with Crippen molar-refractivity contribution in [3.8, 4) is 11.5 Å². The number of thioether (sulfide) groups is 1. The molecule has 0 spiro atoms. The molecule has 22 heavy (non-hydrogen) atoms. The first kappa shape index (κ1) is 15.1. The molecule has 1 fully saturated rings.